The van der Waals surface area contributed by atoms with Crippen LogP contribution in [0.4, 0.5) is 0 Å². The van der Waals surface area contributed by atoms with E-state index in [1.165, 1.54) is 0 Å². The highest BCUT2D eigenvalue weighted by Crippen LogP contribution is 2.18. The first-order valence-corrected chi connectivity index (χ1v) is 7.75. The van der Waals surface area contributed by atoms with Gasteiger partial charge in [-0.2, -0.15) is 0 Å². The Hall–Kier alpha value is -1.17. The lowest BCUT2D eigenvalue weighted by Gasteiger charge is -2.35. The van der Waals surface area contributed by atoms with Gasteiger partial charge in [0.15, 0.2) is 0 Å². The molecule has 1 aromatic heterocycles. The van der Waals surface area contributed by atoms with Gasteiger partial charge in [0.25, 0.3) is 0 Å². The van der Waals surface area contributed by atoms with Crippen molar-refractivity contribution in [2.75, 3.05) is 32.8 Å². The third-order valence-electron chi connectivity index (χ3n) is 3.78. The fourth-order valence-corrected chi connectivity index (χ4v) is 2.54. The van der Waals surface area contributed by atoms with E-state index in [4.69, 9.17) is 15.2 Å². The molecule has 1 fully saturated rings. The number of ether oxygens (including phenoxy) is 2. The highest BCUT2D eigenvalue weighted by Gasteiger charge is 2.23. The van der Waals surface area contributed by atoms with Crippen LogP contribution in [0, 0.1) is 6.92 Å². The molecular weight excluding hydrogens is 266 g/mol. The average molecular weight is 293 g/mol. The molecular formula is C16H27N3O2. The molecule has 2 N–H and O–H groups in total. The van der Waals surface area contributed by atoms with E-state index in [9.17, 15) is 0 Å². The molecule has 5 nitrogen and oxygen atoms in total. The minimum atomic E-state index is 0.119. The van der Waals surface area contributed by atoms with Crippen LogP contribution in [0.3, 0.4) is 0 Å². The van der Waals surface area contributed by atoms with Crippen LogP contribution in [0.1, 0.15) is 25.2 Å². The summed E-state index contributed by atoms with van der Waals surface area (Å²) in [4.78, 5) is 6.94. The van der Waals surface area contributed by atoms with Crippen molar-refractivity contribution < 1.29 is 9.47 Å². The number of nitrogens with two attached hydrogens (primary N) is 1. The molecule has 2 heterocycles. The Morgan fingerprint density at radius 3 is 3.00 bits per heavy atom. The van der Waals surface area contributed by atoms with Crippen molar-refractivity contribution in [1.82, 2.24) is 9.88 Å². The second-order valence-electron chi connectivity index (χ2n) is 5.83. The van der Waals surface area contributed by atoms with Gasteiger partial charge in [0, 0.05) is 31.2 Å². The standard InChI is InChI=1S/C16H27N3O2/c1-12(2)19-8-9-20-14(10-19)11-21-16-5-4-13(3)18-15(16)6-7-17/h4-5,12,14H,6-11,17H2,1-3H3. The molecule has 0 radical (unpaired) electrons. The summed E-state index contributed by atoms with van der Waals surface area (Å²) in [5.74, 6) is 0.830. The van der Waals surface area contributed by atoms with Gasteiger partial charge in [0.2, 0.25) is 0 Å². The first-order chi connectivity index (χ1) is 10.1. The molecule has 21 heavy (non-hydrogen) atoms. The van der Waals surface area contributed by atoms with Crippen molar-refractivity contribution in [2.24, 2.45) is 5.73 Å². The highest BCUT2D eigenvalue weighted by atomic mass is 16.5. The quantitative estimate of drug-likeness (QED) is 0.858. The molecule has 1 aromatic rings. The minimum Gasteiger partial charge on any atom is -0.489 e. The number of aryl methyl sites for hydroxylation is 1. The van der Waals surface area contributed by atoms with Gasteiger partial charge in [-0.3, -0.25) is 9.88 Å². The van der Waals surface area contributed by atoms with Gasteiger partial charge in [0.05, 0.1) is 12.3 Å². The normalized spacial score (nSPS) is 20.0. The van der Waals surface area contributed by atoms with E-state index in [1.54, 1.807) is 0 Å². The van der Waals surface area contributed by atoms with E-state index in [0.717, 1.165) is 43.3 Å². The Morgan fingerprint density at radius 2 is 2.29 bits per heavy atom. The first kappa shape index (κ1) is 16.2. The third-order valence-corrected chi connectivity index (χ3v) is 3.78. The Bertz CT molecular complexity index is 451. The maximum atomic E-state index is 5.94. The van der Waals surface area contributed by atoms with Crippen LogP contribution < -0.4 is 10.5 Å². The van der Waals surface area contributed by atoms with Crippen LogP contribution in [-0.2, 0) is 11.2 Å². The number of nitrogens with zero attached hydrogens (tertiary/aromatic N) is 2. The largest absolute Gasteiger partial charge is 0.489 e. The van der Waals surface area contributed by atoms with E-state index < -0.39 is 0 Å². The van der Waals surface area contributed by atoms with Crippen LogP contribution in [0.5, 0.6) is 5.75 Å². The SMILES string of the molecule is Cc1ccc(OCC2CN(C(C)C)CCO2)c(CCN)n1. The molecule has 5 heteroatoms. The van der Waals surface area contributed by atoms with Gasteiger partial charge in [-0.05, 0) is 39.4 Å². The van der Waals surface area contributed by atoms with Gasteiger partial charge in [0.1, 0.15) is 18.5 Å². The summed E-state index contributed by atoms with van der Waals surface area (Å²) in [6, 6.07) is 4.50. The summed E-state index contributed by atoms with van der Waals surface area (Å²) >= 11 is 0. The van der Waals surface area contributed by atoms with Gasteiger partial charge < -0.3 is 15.2 Å². The van der Waals surface area contributed by atoms with Crippen LogP contribution in [0.15, 0.2) is 12.1 Å². The number of morpholine rings is 1. The second kappa shape index (κ2) is 7.73. The van der Waals surface area contributed by atoms with Crippen molar-refractivity contribution >= 4 is 0 Å². The molecule has 1 unspecified atom stereocenters. The maximum Gasteiger partial charge on any atom is 0.140 e. The lowest BCUT2D eigenvalue weighted by atomic mass is 10.2. The van der Waals surface area contributed by atoms with E-state index in [0.29, 0.717) is 19.2 Å². The molecule has 0 amide bonds. The number of pyridine rings is 1. The third kappa shape index (κ3) is 4.66. The lowest BCUT2D eigenvalue weighted by Crippen LogP contribution is -2.47. The molecule has 0 saturated carbocycles. The fraction of sp³-hybridized carbons (Fsp3) is 0.688. The van der Waals surface area contributed by atoms with E-state index in [2.05, 4.69) is 23.7 Å². The molecule has 1 saturated heterocycles. The summed E-state index contributed by atoms with van der Waals surface area (Å²) in [5.41, 5.74) is 7.57. The fourth-order valence-electron chi connectivity index (χ4n) is 2.54. The molecule has 0 aliphatic carbocycles. The van der Waals surface area contributed by atoms with Crippen LogP contribution in [0.25, 0.3) is 0 Å². The van der Waals surface area contributed by atoms with Crippen LogP contribution >= 0.6 is 0 Å². The minimum absolute atomic E-state index is 0.119. The van der Waals surface area contributed by atoms with E-state index >= 15 is 0 Å². The monoisotopic (exact) mass is 293 g/mol. The predicted molar refractivity (Wildman–Crippen MR) is 83.7 cm³/mol. The van der Waals surface area contributed by atoms with Gasteiger partial charge in [-0.15, -0.1) is 0 Å². The Labute approximate surface area is 127 Å². The summed E-state index contributed by atoms with van der Waals surface area (Å²) in [6.45, 7) is 10.2. The zero-order valence-electron chi connectivity index (χ0n) is 13.3. The molecule has 1 aliphatic heterocycles. The number of hydrogen-bond acceptors (Lipinski definition) is 5. The van der Waals surface area contributed by atoms with Gasteiger partial charge in [-0.25, -0.2) is 0 Å². The Balaban J connectivity index is 1.93. The predicted octanol–water partition coefficient (Wildman–Crippen LogP) is 1.38. The Morgan fingerprint density at radius 1 is 1.48 bits per heavy atom. The van der Waals surface area contributed by atoms with E-state index in [1.807, 2.05) is 19.1 Å². The second-order valence-corrected chi connectivity index (χ2v) is 5.83. The summed E-state index contributed by atoms with van der Waals surface area (Å²) in [6.07, 6.45) is 0.855. The number of rotatable bonds is 6. The van der Waals surface area contributed by atoms with Crippen molar-refractivity contribution in [3.63, 3.8) is 0 Å². The summed E-state index contributed by atoms with van der Waals surface area (Å²) in [5, 5.41) is 0. The van der Waals surface area contributed by atoms with E-state index in [-0.39, 0.29) is 6.10 Å². The first-order valence-electron chi connectivity index (χ1n) is 7.75. The average Bonchev–Trinajstić information content (AvgIpc) is 2.47. The van der Waals surface area contributed by atoms with Crippen molar-refractivity contribution in [3.05, 3.63) is 23.5 Å². The van der Waals surface area contributed by atoms with Crippen LogP contribution in [-0.4, -0.2) is 54.9 Å². The Kier molecular flexibility index (Phi) is 5.96. The number of aromatic nitrogens is 1. The zero-order valence-corrected chi connectivity index (χ0v) is 13.3. The molecule has 1 atom stereocenters. The summed E-state index contributed by atoms with van der Waals surface area (Å²) < 4.78 is 11.7. The van der Waals surface area contributed by atoms with Crippen molar-refractivity contribution in [2.45, 2.75) is 39.3 Å². The summed E-state index contributed by atoms with van der Waals surface area (Å²) in [7, 11) is 0. The molecule has 0 bridgehead atoms. The van der Waals surface area contributed by atoms with Crippen LogP contribution in [0.2, 0.25) is 0 Å². The molecule has 0 spiro atoms. The van der Waals surface area contributed by atoms with Gasteiger partial charge in [-0.1, -0.05) is 0 Å². The molecule has 118 valence electrons. The number of hydrogen-bond donors (Lipinski definition) is 1. The maximum absolute atomic E-state index is 5.94. The topological polar surface area (TPSA) is 60.6 Å². The van der Waals surface area contributed by atoms with Crippen molar-refractivity contribution in [3.8, 4) is 5.75 Å². The zero-order chi connectivity index (χ0) is 15.2. The smallest absolute Gasteiger partial charge is 0.140 e. The highest BCUT2D eigenvalue weighted by molar-refractivity contribution is 5.29. The van der Waals surface area contributed by atoms with Gasteiger partial charge >= 0.3 is 0 Å². The molecule has 2 rings (SSSR count). The lowest BCUT2D eigenvalue weighted by molar-refractivity contribution is -0.0566. The van der Waals surface area contributed by atoms with Crippen molar-refractivity contribution in [1.29, 1.82) is 0 Å². The molecule has 0 aromatic carbocycles. The molecule has 1 aliphatic rings.